The second-order valence-corrected chi connectivity index (χ2v) is 5.79. The molecule has 0 heterocycles. The van der Waals surface area contributed by atoms with Crippen LogP contribution in [0.3, 0.4) is 0 Å². The van der Waals surface area contributed by atoms with E-state index in [0.29, 0.717) is 5.56 Å². The van der Waals surface area contributed by atoms with Gasteiger partial charge in [0.15, 0.2) is 0 Å². The highest BCUT2D eigenvalue weighted by molar-refractivity contribution is 7.87. The lowest BCUT2D eigenvalue weighted by atomic mass is 10.1. The van der Waals surface area contributed by atoms with Crippen molar-refractivity contribution in [2.24, 2.45) is 0 Å². The predicted octanol–water partition coefficient (Wildman–Crippen LogP) is 2.55. The lowest BCUT2D eigenvalue weighted by Crippen LogP contribution is -2.14. The van der Waals surface area contributed by atoms with Crippen LogP contribution in [0.5, 0.6) is 5.75 Å². The van der Waals surface area contributed by atoms with Crippen molar-refractivity contribution in [3.05, 3.63) is 59.7 Å². The Morgan fingerprint density at radius 2 is 1.67 bits per heavy atom. The molecule has 0 N–H and O–H groups in total. The number of benzene rings is 2. The van der Waals surface area contributed by atoms with Gasteiger partial charge in [0.05, 0.1) is 12.7 Å². The van der Waals surface area contributed by atoms with Crippen molar-refractivity contribution in [3.8, 4) is 5.75 Å². The summed E-state index contributed by atoms with van der Waals surface area (Å²) in [6.07, 6.45) is 0. The highest BCUT2D eigenvalue weighted by atomic mass is 32.2. The molecule has 21 heavy (non-hydrogen) atoms. The van der Waals surface area contributed by atoms with E-state index >= 15 is 0 Å². The van der Waals surface area contributed by atoms with Gasteiger partial charge in [-0.1, -0.05) is 24.3 Å². The predicted molar refractivity (Wildman–Crippen MR) is 76.8 cm³/mol. The zero-order chi connectivity index (χ0) is 15.5. The van der Waals surface area contributed by atoms with Gasteiger partial charge in [-0.3, -0.25) is 0 Å². The lowest BCUT2D eigenvalue weighted by molar-refractivity contribution is 0.0599. The van der Waals surface area contributed by atoms with E-state index in [9.17, 15) is 13.2 Å². The van der Waals surface area contributed by atoms with Crippen molar-refractivity contribution < 1.29 is 22.1 Å². The molecular formula is C15H14O5S. The molecule has 5 nitrogen and oxygen atoms in total. The Kier molecular flexibility index (Phi) is 4.28. The molecule has 0 bridgehead atoms. The molecule has 0 amide bonds. The molecule has 0 fully saturated rings. The lowest BCUT2D eigenvalue weighted by Gasteiger charge is -2.11. The summed E-state index contributed by atoms with van der Waals surface area (Å²) in [4.78, 5) is 11.6. The van der Waals surface area contributed by atoms with Crippen molar-refractivity contribution in [2.45, 2.75) is 11.8 Å². The number of ether oxygens (including phenoxy) is 1. The maximum atomic E-state index is 12.3. The van der Waals surface area contributed by atoms with E-state index in [4.69, 9.17) is 4.18 Å². The monoisotopic (exact) mass is 306 g/mol. The molecule has 0 aromatic heterocycles. The van der Waals surface area contributed by atoms with Crippen LogP contribution in [0.15, 0.2) is 53.4 Å². The molecule has 0 aliphatic heterocycles. The maximum absolute atomic E-state index is 12.3. The third kappa shape index (κ3) is 3.22. The normalized spacial score (nSPS) is 11.0. The third-order valence-corrected chi connectivity index (χ3v) is 4.30. The zero-order valence-corrected chi connectivity index (χ0v) is 12.4. The highest BCUT2D eigenvalue weighted by Gasteiger charge is 2.23. The van der Waals surface area contributed by atoms with Gasteiger partial charge in [-0.05, 0) is 36.8 Å². The summed E-state index contributed by atoms with van der Waals surface area (Å²) in [6, 6.07) is 12.5. The molecule has 0 saturated carbocycles. The Balaban J connectivity index is 2.44. The smallest absolute Gasteiger partial charge is 0.339 e. The fourth-order valence-corrected chi connectivity index (χ4v) is 3.05. The van der Waals surface area contributed by atoms with Crippen LogP contribution in [0.1, 0.15) is 15.9 Å². The van der Waals surface area contributed by atoms with Crippen molar-refractivity contribution in [3.63, 3.8) is 0 Å². The molecule has 2 rings (SSSR count). The number of methoxy groups -OCH3 is 1. The van der Waals surface area contributed by atoms with Crippen molar-refractivity contribution in [1.82, 2.24) is 0 Å². The largest absolute Gasteiger partial charge is 0.465 e. The van der Waals surface area contributed by atoms with Crippen LogP contribution in [0.4, 0.5) is 0 Å². The van der Waals surface area contributed by atoms with Crippen molar-refractivity contribution in [1.29, 1.82) is 0 Å². The number of esters is 1. The molecule has 0 aliphatic carbocycles. The van der Waals surface area contributed by atoms with Gasteiger partial charge in [0.2, 0.25) is 0 Å². The molecule has 0 saturated heterocycles. The van der Waals surface area contributed by atoms with Gasteiger partial charge < -0.3 is 8.92 Å². The molecule has 0 spiro atoms. The van der Waals surface area contributed by atoms with Crippen LogP contribution in [0, 0.1) is 6.92 Å². The summed E-state index contributed by atoms with van der Waals surface area (Å²) in [6.45, 7) is 1.54. The molecule has 2 aromatic carbocycles. The Morgan fingerprint density at radius 3 is 2.29 bits per heavy atom. The highest BCUT2D eigenvalue weighted by Crippen LogP contribution is 2.23. The Hall–Kier alpha value is -2.34. The minimum Gasteiger partial charge on any atom is -0.465 e. The molecule has 0 unspecified atom stereocenters. The number of carbonyl (C=O) groups is 1. The molecule has 0 aliphatic rings. The molecule has 0 atom stereocenters. The second kappa shape index (κ2) is 5.97. The van der Waals surface area contributed by atoms with Gasteiger partial charge in [-0.25, -0.2) is 4.79 Å². The van der Waals surface area contributed by atoms with Gasteiger partial charge in [-0.15, -0.1) is 0 Å². The topological polar surface area (TPSA) is 69.7 Å². The first-order valence-electron chi connectivity index (χ1n) is 6.13. The Bertz CT molecular complexity index is 751. The van der Waals surface area contributed by atoms with Crippen molar-refractivity contribution >= 4 is 16.1 Å². The van der Waals surface area contributed by atoms with Crippen LogP contribution in [0.25, 0.3) is 0 Å². The summed E-state index contributed by atoms with van der Waals surface area (Å²) < 4.78 is 34.3. The van der Waals surface area contributed by atoms with E-state index in [1.807, 2.05) is 0 Å². The molecule has 110 valence electrons. The number of para-hydroxylation sites is 1. The van der Waals surface area contributed by atoms with E-state index in [2.05, 4.69) is 4.74 Å². The van der Waals surface area contributed by atoms with Crippen molar-refractivity contribution in [2.75, 3.05) is 7.11 Å². The van der Waals surface area contributed by atoms with Crippen LogP contribution in [-0.4, -0.2) is 21.5 Å². The second-order valence-electron chi connectivity index (χ2n) is 4.27. The number of hydrogen-bond acceptors (Lipinski definition) is 5. The van der Waals surface area contributed by atoms with Crippen LogP contribution in [0.2, 0.25) is 0 Å². The van der Waals surface area contributed by atoms with E-state index in [1.54, 1.807) is 18.2 Å². The standard InChI is InChI=1S/C15H14O5S/c1-11-13(15(16)19-2)9-6-10-14(11)21(17,18)20-12-7-4-3-5-8-12/h3-10H,1-2H3. The summed E-state index contributed by atoms with van der Waals surface area (Å²) >= 11 is 0. The summed E-state index contributed by atoms with van der Waals surface area (Å²) in [5.41, 5.74) is 0.482. The van der Waals surface area contributed by atoms with Crippen LogP contribution >= 0.6 is 0 Å². The fraction of sp³-hybridized carbons (Fsp3) is 0.133. The molecule has 2 aromatic rings. The van der Waals surface area contributed by atoms with E-state index in [0.717, 1.165) is 0 Å². The first kappa shape index (κ1) is 15.1. The first-order valence-corrected chi connectivity index (χ1v) is 7.54. The summed E-state index contributed by atoms with van der Waals surface area (Å²) in [5.74, 6) is -0.385. The zero-order valence-electron chi connectivity index (χ0n) is 11.6. The van der Waals surface area contributed by atoms with Gasteiger partial charge in [-0.2, -0.15) is 8.42 Å². The minimum absolute atomic E-state index is 0.0609. The van der Waals surface area contributed by atoms with Gasteiger partial charge >= 0.3 is 16.1 Å². The van der Waals surface area contributed by atoms with Crippen LogP contribution < -0.4 is 4.18 Å². The fourth-order valence-electron chi connectivity index (χ4n) is 1.86. The van der Waals surface area contributed by atoms with Crippen LogP contribution in [-0.2, 0) is 14.9 Å². The van der Waals surface area contributed by atoms with Gasteiger partial charge in [0, 0.05) is 0 Å². The van der Waals surface area contributed by atoms with Gasteiger partial charge in [0.1, 0.15) is 10.6 Å². The van der Waals surface area contributed by atoms with E-state index < -0.39 is 16.1 Å². The maximum Gasteiger partial charge on any atom is 0.339 e. The van der Waals surface area contributed by atoms with Gasteiger partial charge in [0.25, 0.3) is 0 Å². The summed E-state index contributed by atoms with van der Waals surface area (Å²) in [7, 11) is -2.78. The SMILES string of the molecule is COC(=O)c1cccc(S(=O)(=O)Oc2ccccc2)c1C. The quantitative estimate of drug-likeness (QED) is 0.641. The first-order chi connectivity index (χ1) is 9.95. The molecular weight excluding hydrogens is 292 g/mol. The number of carbonyl (C=O) groups excluding carboxylic acids is 1. The van der Waals surface area contributed by atoms with E-state index in [-0.39, 0.29) is 16.2 Å². The average Bonchev–Trinajstić information content (AvgIpc) is 2.47. The molecule has 6 heteroatoms. The minimum atomic E-state index is -4.02. The Labute approximate surface area is 123 Å². The van der Waals surface area contributed by atoms with E-state index in [1.165, 1.54) is 44.4 Å². The Morgan fingerprint density at radius 1 is 1.00 bits per heavy atom. The number of hydrogen-bond donors (Lipinski definition) is 0. The third-order valence-electron chi connectivity index (χ3n) is 2.91. The average molecular weight is 306 g/mol. The summed E-state index contributed by atoms with van der Waals surface area (Å²) in [5, 5.41) is 0. The molecule has 0 radical (unpaired) electrons. The number of rotatable bonds is 4.